The summed E-state index contributed by atoms with van der Waals surface area (Å²) in [5.74, 6) is 0.559. The Labute approximate surface area is 91.7 Å². The van der Waals surface area contributed by atoms with Gasteiger partial charge in [0.05, 0.1) is 0 Å². The van der Waals surface area contributed by atoms with Crippen molar-refractivity contribution in [3.63, 3.8) is 0 Å². The Kier molecular flexibility index (Phi) is 4.35. The molecule has 0 radical (unpaired) electrons. The average Bonchev–Trinajstić information content (AvgIpc) is 2.28. The fourth-order valence-electron chi connectivity index (χ4n) is 1.50. The van der Waals surface area contributed by atoms with Crippen LogP contribution in [0.4, 0.5) is 5.69 Å². The van der Waals surface area contributed by atoms with E-state index in [0.29, 0.717) is 12.3 Å². The lowest BCUT2D eigenvalue weighted by atomic mass is 9.97. The molecule has 0 aliphatic rings. The molecule has 0 saturated carbocycles. The van der Waals surface area contributed by atoms with Crippen LogP contribution in [0.5, 0.6) is 0 Å². The predicted molar refractivity (Wildman–Crippen MR) is 64.1 cm³/mol. The summed E-state index contributed by atoms with van der Waals surface area (Å²) in [5, 5.41) is 2.94. The Hall–Kier alpha value is -1.31. The van der Waals surface area contributed by atoms with E-state index >= 15 is 0 Å². The third kappa shape index (κ3) is 3.08. The summed E-state index contributed by atoms with van der Waals surface area (Å²) in [7, 11) is 0. The van der Waals surface area contributed by atoms with Crippen molar-refractivity contribution in [1.29, 1.82) is 0 Å². The molecule has 15 heavy (non-hydrogen) atoms. The van der Waals surface area contributed by atoms with Crippen LogP contribution in [0.1, 0.15) is 45.1 Å². The highest BCUT2D eigenvalue weighted by Crippen LogP contribution is 2.26. The van der Waals surface area contributed by atoms with Crippen LogP contribution < -0.4 is 5.32 Å². The molecule has 0 aliphatic carbocycles. The van der Waals surface area contributed by atoms with Crippen LogP contribution in [0, 0.1) is 0 Å². The molecule has 1 atom stereocenters. The maximum Gasteiger partial charge on any atom is 0.224 e. The third-order valence-electron chi connectivity index (χ3n) is 2.70. The molecule has 0 fully saturated rings. The van der Waals surface area contributed by atoms with E-state index in [1.54, 1.807) is 0 Å². The van der Waals surface area contributed by atoms with Crippen molar-refractivity contribution in [1.82, 2.24) is 0 Å². The van der Waals surface area contributed by atoms with E-state index in [9.17, 15) is 4.79 Å². The van der Waals surface area contributed by atoms with Crippen LogP contribution in [0.25, 0.3) is 0 Å². The second kappa shape index (κ2) is 5.54. The predicted octanol–water partition coefficient (Wildman–Crippen LogP) is 3.55. The molecule has 0 heterocycles. The average molecular weight is 205 g/mol. The molecule has 2 heteroatoms. The lowest BCUT2D eigenvalue weighted by molar-refractivity contribution is -0.115. The number of benzene rings is 1. The highest BCUT2D eigenvalue weighted by molar-refractivity contribution is 5.91. The van der Waals surface area contributed by atoms with Crippen LogP contribution in [-0.2, 0) is 4.79 Å². The van der Waals surface area contributed by atoms with Gasteiger partial charge in [-0.3, -0.25) is 4.79 Å². The Morgan fingerprint density at radius 3 is 2.60 bits per heavy atom. The van der Waals surface area contributed by atoms with E-state index in [-0.39, 0.29) is 5.91 Å². The lowest BCUT2D eigenvalue weighted by Gasteiger charge is -2.15. The maximum absolute atomic E-state index is 11.3. The quantitative estimate of drug-likeness (QED) is 0.800. The van der Waals surface area contributed by atoms with Crippen molar-refractivity contribution in [2.45, 2.75) is 39.5 Å². The summed E-state index contributed by atoms with van der Waals surface area (Å²) in [5.41, 5.74) is 2.18. The summed E-state index contributed by atoms with van der Waals surface area (Å²) in [6, 6.07) is 8.02. The van der Waals surface area contributed by atoms with Gasteiger partial charge in [0.25, 0.3) is 0 Å². The van der Waals surface area contributed by atoms with Gasteiger partial charge < -0.3 is 5.32 Å². The number of nitrogens with one attached hydrogen (secondary N) is 1. The Morgan fingerprint density at radius 2 is 2.00 bits per heavy atom. The summed E-state index contributed by atoms with van der Waals surface area (Å²) >= 11 is 0. The number of hydrogen-bond donors (Lipinski definition) is 1. The van der Waals surface area contributed by atoms with E-state index in [2.05, 4.69) is 25.2 Å². The van der Waals surface area contributed by atoms with Gasteiger partial charge in [-0.2, -0.15) is 0 Å². The minimum absolute atomic E-state index is 0.0748. The summed E-state index contributed by atoms with van der Waals surface area (Å²) in [6.45, 7) is 6.20. The van der Waals surface area contributed by atoms with Gasteiger partial charge in [0, 0.05) is 12.1 Å². The summed E-state index contributed by atoms with van der Waals surface area (Å²) in [4.78, 5) is 11.3. The number of rotatable bonds is 4. The zero-order chi connectivity index (χ0) is 11.3. The smallest absolute Gasteiger partial charge is 0.224 e. The first kappa shape index (κ1) is 11.8. The molecule has 2 nitrogen and oxygen atoms in total. The molecule has 0 aromatic heterocycles. The summed E-state index contributed by atoms with van der Waals surface area (Å²) in [6.07, 6.45) is 1.61. The molecule has 0 aliphatic heterocycles. The van der Waals surface area contributed by atoms with Crippen LogP contribution >= 0.6 is 0 Å². The minimum atomic E-state index is 0.0748. The van der Waals surface area contributed by atoms with E-state index < -0.39 is 0 Å². The topological polar surface area (TPSA) is 29.1 Å². The van der Waals surface area contributed by atoms with E-state index in [1.807, 2.05) is 25.1 Å². The Morgan fingerprint density at radius 1 is 1.33 bits per heavy atom. The highest BCUT2D eigenvalue weighted by atomic mass is 16.1. The summed E-state index contributed by atoms with van der Waals surface area (Å²) < 4.78 is 0. The van der Waals surface area contributed by atoms with Gasteiger partial charge in [0.1, 0.15) is 0 Å². The zero-order valence-electron chi connectivity index (χ0n) is 9.71. The fraction of sp³-hybridized carbons (Fsp3) is 0.462. The molecule has 82 valence electrons. The number of para-hydroxylation sites is 1. The molecule has 1 amide bonds. The molecule has 1 N–H and O–H groups in total. The van der Waals surface area contributed by atoms with E-state index in [4.69, 9.17) is 0 Å². The van der Waals surface area contributed by atoms with E-state index in [0.717, 1.165) is 12.1 Å². The fourth-order valence-corrected chi connectivity index (χ4v) is 1.50. The van der Waals surface area contributed by atoms with Crippen molar-refractivity contribution < 1.29 is 4.79 Å². The van der Waals surface area contributed by atoms with Crippen LogP contribution in [0.15, 0.2) is 24.3 Å². The third-order valence-corrected chi connectivity index (χ3v) is 2.70. The maximum atomic E-state index is 11.3. The minimum Gasteiger partial charge on any atom is -0.326 e. The second-order valence-corrected chi connectivity index (χ2v) is 3.80. The van der Waals surface area contributed by atoms with Gasteiger partial charge in [-0.15, -0.1) is 0 Å². The van der Waals surface area contributed by atoms with Gasteiger partial charge in [-0.1, -0.05) is 39.0 Å². The molecular weight excluding hydrogens is 186 g/mol. The van der Waals surface area contributed by atoms with Crippen LogP contribution in [-0.4, -0.2) is 5.91 Å². The molecule has 0 spiro atoms. The first-order chi connectivity index (χ1) is 7.19. The first-order valence-corrected chi connectivity index (χ1v) is 5.57. The van der Waals surface area contributed by atoms with Gasteiger partial charge >= 0.3 is 0 Å². The van der Waals surface area contributed by atoms with Crippen LogP contribution in [0.3, 0.4) is 0 Å². The highest BCUT2D eigenvalue weighted by Gasteiger charge is 2.09. The number of amides is 1. The number of carbonyl (C=O) groups is 1. The number of anilines is 1. The first-order valence-electron chi connectivity index (χ1n) is 5.57. The van der Waals surface area contributed by atoms with E-state index in [1.165, 1.54) is 5.56 Å². The van der Waals surface area contributed by atoms with Crippen molar-refractivity contribution in [3.8, 4) is 0 Å². The molecule has 1 aromatic rings. The molecule has 1 rings (SSSR count). The monoisotopic (exact) mass is 205 g/mol. The molecule has 0 bridgehead atoms. The standard InChI is InChI=1S/C13H19NO/c1-4-10(3)11-8-6-7-9-12(11)14-13(15)5-2/h6-10H,4-5H2,1-3H3,(H,14,15)/t10-/m1/s1. The second-order valence-electron chi connectivity index (χ2n) is 3.80. The molecule has 0 unspecified atom stereocenters. The lowest BCUT2D eigenvalue weighted by Crippen LogP contribution is -2.11. The number of carbonyl (C=O) groups excluding carboxylic acids is 1. The van der Waals surface area contributed by atoms with Gasteiger partial charge in [-0.05, 0) is 24.0 Å². The van der Waals surface area contributed by atoms with Crippen LogP contribution in [0.2, 0.25) is 0 Å². The van der Waals surface area contributed by atoms with Crippen molar-refractivity contribution in [2.24, 2.45) is 0 Å². The van der Waals surface area contributed by atoms with Gasteiger partial charge in [0.2, 0.25) is 5.91 Å². The SMILES string of the molecule is CCC(=O)Nc1ccccc1[C@H](C)CC. The van der Waals surface area contributed by atoms with Gasteiger partial charge in [0.15, 0.2) is 0 Å². The molecular formula is C13H19NO. The largest absolute Gasteiger partial charge is 0.326 e. The van der Waals surface area contributed by atoms with Crippen molar-refractivity contribution in [2.75, 3.05) is 5.32 Å². The zero-order valence-corrected chi connectivity index (χ0v) is 9.71. The van der Waals surface area contributed by atoms with Gasteiger partial charge in [-0.25, -0.2) is 0 Å². The molecule has 1 aromatic carbocycles. The Balaban J connectivity index is 2.91. The normalized spacial score (nSPS) is 12.2. The Bertz CT molecular complexity index is 333. The molecule has 0 saturated heterocycles. The van der Waals surface area contributed by atoms with Crippen molar-refractivity contribution >= 4 is 11.6 Å². The number of hydrogen-bond acceptors (Lipinski definition) is 1. The van der Waals surface area contributed by atoms with Crippen molar-refractivity contribution in [3.05, 3.63) is 29.8 Å².